The second kappa shape index (κ2) is 6.64. The van der Waals surface area contributed by atoms with Gasteiger partial charge in [0, 0.05) is 24.2 Å². The highest BCUT2D eigenvalue weighted by Gasteiger charge is 2.30. The van der Waals surface area contributed by atoms with Crippen LogP contribution in [0.15, 0.2) is 24.3 Å². The molecule has 0 saturated carbocycles. The van der Waals surface area contributed by atoms with Crippen LogP contribution in [0.4, 0.5) is 8.78 Å². The zero-order chi connectivity index (χ0) is 14.7. The van der Waals surface area contributed by atoms with Gasteiger partial charge in [-0.05, 0) is 37.8 Å². The molecular weight excluding hydrogens is 258 g/mol. The van der Waals surface area contributed by atoms with Crippen molar-refractivity contribution in [1.29, 1.82) is 0 Å². The van der Waals surface area contributed by atoms with E-state index in [1.54, 1.807) is 12.1 Å². The molecule has 1 fully saturated rings. The first kappa shape index (κ1) is 15.4. The van der Waals surface area contributed by atoms with Crippen molar-refractivity contribution in [2.24, 2.45) is 11.7 Å². The molecule has 1 aromatic carbocycles. The number of hydrogen-bond acceptors (Lipinski definition) is 2. The number of halogens is 2. The third-order valence-electron chi connectivity index (χ3n) is 4.62. The molecular formula is C16H24F2N2. The van der Waals surface area contributed by atoms with Gasteiger partial charge < -0.3 is 5.73 Å². The van der Waals surface area contributed by atoms with E-state index >= 15 is 0 Å². The first-order chi connectivity index (χ1) is 9.54. The lowest BCUT2D eigenvalue weighted by molar-refractivity contribution is 0.0709. The highest BCUT2D eigenvalue weighted by molar-refractivity contribution is 5.26. The van der Waals surface area contributed by atoms with Gasteiger partial charge in [-0.2, -0.15) is 0 Å². The quantitative estimate of drug-likeness (QED) is 0.911. The van der Waals surface area contributed by atoms with Crippen molar-refractivity contribution < 1.29 is 8.78 Å². The average Bonchev–Trinajstić information content (AvgIpc) is 2.45. The Hall–Kier alpha value is -1.00. The van der Waals surface area contributed by atoms with Gasteiger partial charge in [-0.3, -0.25) is 4.90 Å². The summed E-state index contributed by atoms with van der Waals surface area (Å²) in [6.07, 6.45) is 0.0189. The molecule has 0 amide bonds. The largest absolute Gasteiger partial charge is 0.329 e. The lowest BCUT2D eigenvalue weighted by Crippen LogP contribution is -2.46. The van der Waals surface area contributed by atoms with Crippen molar-refractivity contribution in [1.82, 2.24) is 4.90 Å². The molecule has 2 nitrogen and oxygen atoms in total. The van der Waals surface area contributed by atoms with E-state index in [9.17, 15) is 8.78 Å². The Morgan fingerprint density at radius 2 is 1.80 bits per heavy atom. The summed E-state index contributed by atoms with van der Waals surface area (Å²) in [5, 5.41) is 0. The maximum absolute atomic E-state index is 12.6. The minimum Gasteiger partial charge on any atom is -0.329 e. The fourth-order valence-electron chi connectivity index (χ4n) is 3.13. The molecule has 1 aromatic rings. The summed E-state index contributed by atoms with van der Waals surface area (Å²) in [6.45, 7) is 6.05. The predicted octanol–water partition coefficient (Wildman–Crippen LogP) is 3.74. The Bertz CT molecular complexity index is 419. The second-order valence-corrected chi connectivity index (χ2v) is 5.82. The van der Waals surface area contributed by atoms with Crippen LogP contribution >= 0.6 is 0 Å². The van der Waals surface area contributed by atoms with Crippen LogP contribution in [0, 0.1) is 5.92 Å². The summed E-state index contributed by atoms with van der Waals surface area (Å²) < 4.78 is 25.2. The van der Waals surface area contributed by atoms with Crippen molar-refractivity contribution in [3.63, 3.8) is 0 Å². The first-order valence-electron chi connectivity index (χ1n) is 7.38. The standard InChI is InChI=1S/C16H24F2N2/c1-11-4-3-9-20(12(11)2)15(10-19)13-5-7-14(8-6-13)16(17)18/h5-8,11-12,15-16H,3-4,9-10,19H2,1-2H3. The number of nitrogens with zero attached hydrogens (tertiary/aromatic N) is 1. The van der Waals surface area contributed by atoms with Gasteiger partial charge >= 0.3 is 0 Å². The van der Waals surface area contributed by atoms with Crippen LogP contribution in [0.25, 0.3) is 0 Å². The fourth-order valence-corrected chi connectivity index (χ4v) is 3.13. The number of benzene rings is 1. The van der Waals surface area contributed by atoms with Crippen LogP contribution in [0.1, 0.15) is 50.3 Å². The van der Waals surface area contributed by atoms with Crippen molar-refractivity contribution in [2.75, 3.05) is 13.1 Å². The zero-order valence-electron chi connectivity index (χ0n) is 12.2. The molecule has 1 aliphatic rings. The SMILES string of the molecule is CC1CCCN(C(CN)c2ccc(C(F)F)cc2)C1C. The summed E-state index contributed by atoms with van der Waals surface area (Å²) in [7, 11) is 0. The van der Waals surface area contributed by atoms with Crippen LogP contribution in [-0.2, 0) is 0 Å². The molecule has 0 aromatic heterocycles. The molecule has 2 rings (SSSR count). The molecule has 112 valence electrons. The Kier molecular flexibility index (Phi) is 5.11. The van der Waals surface area contributed by atoms with Crippen molar-refractivity contribution >= 4 is 0 Å². The van der Waals surface area contributed by atoms with Crippen LogP contribution < -0.4 is 5.73 Å². The minimum absolute atomic E-state index is 0.0737. The highest BCUT2D eigenvalue weighted by atomic mass is 19.3. The molecule has 1 saturated heterocycles. The van der Waals surface area contributed by atoms with Gasteiger partial charge in [-0.25, -0.2) is 8.78 Å². The van der Waals surface area contributed by atoms with E-state index in [1.165, 1.54) is 25.0 Å². The fraction of sp³-hybridized carbons (Fsp3) is 0.625. The van der Waals surface area contributed by atoms with E-state index in [1.807, 2.05) is 0 Å². The Morgan fingerprint density at radius 3 is 2.35 bits per heavy atom. The zero-order valence-corrected chi connectivity index (χ0v) is 12.2. The lowest BCUT2D eigenvalue weighted by atomic mass is 9.89. The van der Waals surface area contributed by atoms with Gasteiger partial charge in [0.05, 0.1) is 0 Å². The van der Waals surface area contributed by atoms with E-state index in [4.69, 9.17) is 5.73 Å². The summed E-state index contributed by atoms with van der Waals surface area (Å²) >= 11 is 0. The number of piperidine rings is 1. The van der Waals surface area contributed by atoms with Crippen molar-refractivity contribution in [3.8, 4) is 0 Å². The van der Waals surface area contributed by atoms with E-state index in [0.717, 1.165) is 12.1 Å². The summed E-state index contributed by atoms with van der Waals surface area (Å²) in [5.74, 6) is 0.651. The summed E-state index contributed by atoms with van der Waals surface area (Å²) in [5.41, 5.74) is 7.06. The smallest absolute Gasteiger partial charge is 0.263 e. The van der Waals surface area contributed by atoms with E-state index < -0.39 is 6.43 Å². The predicted molar refractivity (Wildman–Crippen MR) is 77.8 cm³/mol. The number of alkyl halides is 2. The number of likely N-dealkylation sites (tertiary alicyclic amines) is 1. The summed E-state index contributed by atoms with van der Waals surface area (Å²) in [6, 6.07) is 7.23. The Balaban J connectivity index is 2.18. The molecule has 0 aliphatic carbocycles. The van der Waals surface area contributed by atoms with Crippen LogP contribution in [0.3, 0.4) is 0 Å². The molecule has 2 N–H and O–H groups in total. The second-order valence-electron chi connectivity index (χ2n) is 5.82. The third kappa shape index (κ3) is 3.18. The molecule has 1 aliphatic heterocycles. The monoisotopic (exact) mass is 282 g/mol. The molecule has 0 radical (unpaired) electrons. The van der Waals surface area contributed by atoms with Crippen molar-refractivity contribution in [3.05, 3.63) is 35.4 Å². The molecule has 0 spiro atoms. The minimum atomic E-state index is -2.41. The molecule has 0 bridgehead atoms. The van der Waals surface area contributed by atoms with E-state index in [-0.39, 0.29) is 11.6 Å². The van der Waals surface area contributed by atoms with Gasteiger partial charge in [-0.1, -0.05) is 31.2 Å². The maximum Gasteiger partial charge on any atom is 0.263 e. The van der Waals surface area contributed by atoms with E-state index in [0.29, 0.717) is 18.5 Å². The van der Waals surface area contributed by atoms with Gasteiger partial charge in [-0.15, -0.1) is 0 Å². The molecule has 4 heteroatoms. The molecule has 20 heavy (non-hydrogen) atoms. The normalized spacial score (nSPS) is 25.9. The van der Waals surface area contributed by atoms with Crippen LogP contribution in [0.2, 0.25) is 0 Å². The topological polar surface area (TPSA) is 29.3 Å². The van der Waals surface area contributed by atoms with Gasteiger partial charge in [0.2, 0.25) is 0 Å². The molecule has 3 atom stereocenters. The maximum atomic E-state index is 12.6. The Morgan fingerprint density at radius 1 is 1.20 bits per heavy atom. The van der Waals surface area contributed by atoms with Crippen molar-refractivity contribution in [2.45, 2.75) is 45.2 Å². The van der Waals surface area contributed by atoms with Gasteiger partial charge in [0.15, 0.2) is 0 Å². The van der Waals surface area contributed by atoms with Crippen LogP contribution in [0.5, 0.6) is 0 Å². The summed E-state index contributed by atoms with van der Waals surface area (Å²) in [4.78, 5) is 2.42. The molecule has 1 heterocycles. The van der Waals surface area contributed by atoms with Crippen LogP contribution in [-0.4, -0.2) is 24.0 Å². The number of nitrogens with two attached hydrogens (primary N) is 1. The lowest BCUT2D eigenvalue weighted by Gasteiger charge is -2.42. The van der Waals surface area contributed by atoms with E-state index in [2.05, 4.69) is 18.7 Å². The average molecular weight is 282 g/mol. The van der Waals surface area contributed by atoms with Gasteiger partial charge in [0.25, 0.3) is 6.43 Å². The van der Waals surface area contributed by atoms with Gasteiger partial charge in [0.1, 0.15) is 0 Å². The molecule has 3 unspecified atom stereocenters. The highest BCUT2D eigenvalue weighted by Crippen LogP contribution is 2.31. The third-order valence-corrected chi connectivity index (χ3v) is 4.62. The number of hydrogen-bond donors (Lipinski definition) is 1. The Labute approximate surface area is 120 Å². The number of rotatable bonds is 4. The first-order valence-corrected chi connectivity index (χ1v) is 7.38.